The normalized spacial score (nSPS) is 11.5. The topological polar surface area (TPSA) is 94.5 Å². The third-order valence-corrected chi connectivity index (χ3v) is 3.57. The minimum Gasteiger partial charge on any atom is -0.493 e. The zero-order valence-electron chi connectivity index (χ0n) is 15.9. The molecule has 1 aromatic rings. The first-order valence-corrected chi connectivity index (χ1v) is 8.30. The van der Waals surface area contributed by atoms with Gasteiger partial charge in [0.2, 0.25) is 5.75 Å². The lowest BCUT2D eigenvalue weighted by Crippen LogP contribution is -2.38. The van der Waals surface area contributed by atoms with Gasteiger partial charge < -0.3 is 29.0 Å². The molecular formula is C18H27NO7. The fourth-order valence-electron chi connectivity index (χ4n) is 2.44. The number of nitrogens with zero attached hydrogens (tertiary/aromatic N) is 1. The first-order chi connectivity index (χ1) is 12.4. The maximum Gasteiger partial charge on any atom is 0.307 e. The summed E-state index contributed by atoms with van der Waals surface area (Å²) < 4.78 is 20.7. The monoisotopic (exact) mass is 369 g/mol. The van der Waals surface area contributed by atoms with Crippen molar-refractivity contribution in [3.63, 3.8) is 0 Å². The first kappa shape index (κ1) is 21.6. The number of ether oxygens (including phenoxy) is 4. The molecule has 26 heavy (non-hydrogen) atoms. The fourth-order valence-corrected chi connectivity index (χ4v) is 2.44. The number of aliphatic hydroxyl groups excluding tert-OH is 1. The second-order valence-corrected chi connectivity index (χ2v) is 5.57. The largest absolute Gasteiger partial charge is 0.493 e. The smallest absolute Gasteiger partial charge is 0.307 e. The van der Waals surface area contributed by atoms with Crippen molar-refractivity contribution in [2.24, 2.45) is 0 Å². The van der Waals surface area contributed by atoms with Crippen LogP contribution in [-0.4, -0.2) is 69.0 Å². The zero-order chi connectivity index (χ0) is 19.7. The molecule has 1 unspecified atom stereocenters. The van der Waals surface area contributed by atoms with Crippen LogP contribution in [0.2, 0.25) is 0 Å². The van der Waals surface area contributed by atoms with E-state index in [4.69, 9.17) is 18.9 Å². The Morgan fingerprint density at radius 3 is 2.12 bits per heavy atom. The highest BCUT2D eigenvalue weighted by molar-refractivity contribution is 5.96. The van der Waals surface area contributed by atoms with Gasteiger partial charge in [-0.3, -0.25) is 9.59 Å². The Hall–Kier alpha value is -2.48. The molecule has 1 rings (SSSR count). The molecule has 1 N–H and O–H groups in total. The molecule has 1 aromatic carbocycles. The van der Waals surface area contributed by atoms with E-state index >= 15 is 0 Å². The number of aliphatic hydroxyl groups is 1. The number of carbonyl (C=O) groups is 2. The van der Waals surface area contributed by atoms with Gasteiger partial charge >= 0.3 is 5.97 Å². The standard InChI is InChI=1S/C18H27NO7/c1-6-26-16(21)7-8-19(11-12(2)20)18(22)13-9-14(23-3)17(25-5)15(10-13)24-4/h9-10,12,20H,6-8,11H2,1-5H3. The number of methoxy groups -OCH3 is 3. The Labute approximate surface area is 153 Å². The van der Waals surface area contributed by atoms with Gasteiger partial charge in [-0.05, 0) is 26.0 Å². The molecule has 0 aliphatic heterocycles. The van der Waals surface area contributed by atoms with Crippen LogP contribution in [0.3, 0.4) is 0 Å². The van der Waals surface area contributed by atoms with Gasteiger partial charge in [0.1, 0.15) is 0 Å². The molecule has 0 radical (unpaired) electrons. The summed E-state index contributed by atoms with van der Waals surface area (Å²) in [5.74, 6) is 0.297. The Bertz CT molecular complexity index is 591. The lowest BCUT2D eigenvalue weighted by Gasteiger charge is -2.24. The molecule has 0 aromatic heterocycles. The Morgan fingerprint density at radius 1 is 1.12 bits per heavy atom. The summed E-state index contributed by atoms with van der Waals surface area (Å²) in [6.45, 7) is 3.76. The first-order valence-electron chi connectivity index (χ1n) is 8.30. The summed E-state index contributed by atoms with van der Waals surface area (Å²) in [7, 11) is 4.39. The van der Waals surface area contributed by atoms with Crippen LogP contribution in [0.4, 0.5) is 0 Å². The second-order valence-electron chi connectivity index (χ2n) is 5.57. The van der Waals surface area contributed by atoms with Crippen molar-refractivity contribution in [1.82, 2.24) is 4.90 Å². The second kappa shape index (κ2) is 10.5. The third-order valence-electron chi connectivity index (χ3n) is 3.57. The van der Waals surface area contributed by atoms with Crippen molar-refractivity contribution >= 4 is 11.9 Å². The van der Waals surface area contributed by atoms with E-state index in [0.717, 1.165) is 0 Å². The summed E-state index contributed by atoms with van der Waals surface area (Å²) >= 11 is 0. The quantitative estimate of drug-likeness (QED) is 0.624. The van der Waals surface area contributed by atoms with E-state index in [2.05, 4.69) is 0 Å². The molecular weight excluding hydrogens is 342 g/mol. The van der Waals surface area contributed by atoms with E-state index in [0.29, 0.717) is 22.8 Å². The van der Waals surface area contributed by atoms with E-state index < -0.39 is 12.1 Å². The molecule has 146 valence electrons. The van der Waals surface area contributed by atoms with Gasteiger partial charge in [-0.1, -0.05) is 0 Å². The van der Waals surface area contributed by atoms with Crippen LogP contribution < -0.4 is 14.2 Å². The molecule has 8 nitrogen and oxygen atoms in total. The van der Waals surface area contributed by atoms with Crippen LogP contribution in [0.25, 0.3) is 0 Å². The average molecular weight is 369 g/mol. The molecule has 0 fully saturated rings. The van der Waals surface area contributed by atoms with Gasteiger partial charge in [-0.2, -0.15) is 0 Å². The maximum absolute atomic E-state index is 12.9. The number of hydrogen-bond donors (Lipinski definition) is 1. The number of amides is 1. The van der Waals surface area contributed by atoms with E-state index in [-0.39, 0.29) is 32.0 Å². The van der Waals surface area contributed by atoms with E-state index in [1.54, 1.807) is 13.8 Å². The maximum atomic E-state index is 12.9. The van der Waals surface area contributed by atoms with Gasteiger partial charge in [0.05, 0.1) is 40.5 Å². The Morgan fingerprint density at radius 2 is 1.69 bits per heavy atom. The van der Waals surface area contributed by atoms with Gasteiger partial charge in [0.25, 0.3) is 5.91 Å². The number of carbonyl (C=O) groups excluding carboxylic acids is 2. The highest BCUT2D eigenvalue weighted by atomic mass is 16.5. The SMILES string of the molecule is CCOC(=O)CCN(CC(C)O)C(=O)c1cc(OC)c(OC)c(OC)c1. The fraction of sp³-hybridized carbons (Fsp3) is 0.556. The highest BCUT2D eigenvalue weighted by Gasteiger charge is 2.23. The molecule has 0 aliphatic rings. The molecule has 0 saturated heterocycles. The predicted octanol–water partition coefficient (Wildman–Crippen LogP) is 1.49. The van der Waals surface area contributed by atoms with Crippen LogP contribution in [-0.2, 0) is 9.53 Å². The van der Waals surface area contributed by atoms with Crippen molar-refractivity contribution in [2.45, 2.75) is 26.4 Å². The van der Waals surface area contributed by atoms with Crippen molar-refractivity contribution < 1.29 is 33.6 Å². The molecule has 0 bridgehead atoms. The third kappa shape index (κ3) is 5.80. The molecule has 1 amide bonds. The average Bonchev–Trinajstić information content (AvgIpc) is 2.63. The van der Waals surface area contributed by atoms with Crippen LogP contribution >= 0.6 is 0 Å². The van der Waals surface area contributed by atoms with Gasteiger partial charge in [0.15, 0.2) is 11.5 Å². The van der Waals surface area contributed by atoms with Crippen LogP contribution in [0.5, 0.6) is 17.2 Å². The lowest BCUT2D eigenvalue weighted by atomic mass is 10.1. The van der Waals surface area contributed by atoms with Crippen molar-refractivity contribution in [3.8, 4) is 17.2 Å². The summed E-state index contributed by atoms with van der Waals surface area (Å²) in [5, 5.41) is 9.69. The molecule has 8 heteroatoms. The highest BCUT2D eigenvalue weighted by Crippen LogP contribution is 2.38. The van der Waals surface area contributed by atoms with E-state index in [9.17, 15) is 14.7 Å². The molecule has 0 aliphatic carbocycles. The molecule has 0 heterocycles. The zero-order valence-corrected chi connectivity index (χ0v) is 15.9. The van der Waals surface area contributed by atoms with Gasteiger partial charge in [-0.25, -0.2) is 0 Å². The molecule has 0 spiro atoms. The summed E-state index contributed by atoms with van der Waals surface area (Å²) in [6, 6.07) is 3.06. The number of esters is 1. The van der Waals surface area contributed by atoms with Gasteiger partial charge in [-0.15, -0.1) is 0 Å². The van der Waals surface area contributed by atoms with Crippen LogP contribution in [0.15, 0.2) is 12.1 Å². The Balaban J connectivity index is 3.11. The number of hydrogen-bond acceptors (Lipinski definition) is 7. The molecule has 1 atom stereocenters. The summed E-state index contributed by atoms with van der Waals surface area (Å²) in [6.07, 6.45) is -0.709. The van der Waals surface area contributed by atoms with Gasteiger partial charge in [0, 0.05) is 18.7 Å². The minimum absolute atomic E-state index is 0.0384. The van der Waals surface area contributed by atoms with Crippen molar-refractivity contribution in [3.05, 3.63) is 17.7 Å². The summed E-state index contributed by atoms with van der Waals surface area (Å²) in [5.41, 5.74) is 0.295. The van der Waals surface area contributed by atoms with Crippen LogP contribution in [0.1, 0.15) is 30.6 Å². The minimum atomic E-state index is -0.747. The Kier molecular flexibility index (Phi) is 8.71. The van der Waals surface area contributed by atoms with Crippen molar-refractivity contribution in [1.29, 1.82) is 0 Å². The number of benzene rings is 1. The number of rotatable bonds is 10. The van der Waals surface area contributed by atoms with Crippen LogP contribution in [0, 0.1) is 0 Å². The lowest BCUT2D eigenvalue weighted by molar-refractivity contribution is -0.143. The summed E-state index contributed by atoms with van der Waals surface area (Å²) in [4.78, 5) is 25.9. The predicted molar refractivity (Wildman–Crippen MR) is 94.9 cm³/mol. The van der Waals surface area contributed by atoms with Crippen molar-refractivity contribution in [2.75, 3.05) is 41.0 Å². The van der Waals surface area contributed by atoms with E-state index in [1.165, 1.54) is 38.4 Å². The molecule has 0 saturated carbocycles. The van der Waals surface area contributed by atoms with E-state index in [1.807, 2.05) is 0 Å².